The van der Waals surface area contributed by atoms with Gasteiger partial charge in [-0.25, -0.2) is 0 Å². The molecule has 50 valence electrons. The summed E-state index contributed by atoms with van der Waals surface area (Å²) in [7, 11) is 0. The minimum atomic E-state index is -0.579. The van der Waals surface area contributed by atoms with Gasteiger partial charge < -0.3 is 11.1 Å². The quantitative estimate of drug-likeness (QED) is 0.412. The SMILES string of the molecule is NC(=O)[C@H]1CNCC1=O. The second-order valence-corrected chi connectivity index (χ2v) is 2.05. The highest BCUT2D eigenvalue weighted by molar-refractivity contribution is 6.03. The van der Waals surface area contributed by atoms with Gasteiger partial charge in [0.2, 0.25) is 5.91 Å². The molecule has 9 heavy (non-hydrogen) atoms. The minimum absolute atomic E-state index is 0.0949. The fraction of sp³-hybridized carbons (Fsp3) is 0.600. The second kappa shape index (κ2) is 2.14. The first-order valence-corrected chi connectivity index (χ1v) is 2.74. The summed E-state index contributed by atoms with van der Waals surface area (Å²) >= 11 is 0. The Labute approximate surface area is 52.4 Å². The van der Waals surface area contributed by atoms with Crippen molar-refractivity contribution in [3.63, 3.8) is 0 Å². The maximum Gasteiger partial charge on any atom is 0.229 e. The predicted molar refractivity (Wildman–Crippen MR) is 30.6 cm³/mol. The first kappa shape index (κ1) is 6.22. The lowest BCUT2D eigenvalue weighted by molar-refractivity contribution is -0.129. The molecule has 1 saturated heterocycles. The number of ketones is 1. The molecule has 1 amide bonds. The molecule has 1 aliphatic heterocycles. The van der Waals surface area contributed by atoms with Crippen molar-refractivity contribution in [3.8, 4) is 0 Å². The number of Topliss-reactive ketones (excluding diaryl/α,β-unsaturated/α-hetero) is 1. The van der Waals surface area contributed by atoms with Crippen molar-refractivity contribution >= 4 is 11.7 Å². The number of amides is 1. The van der Waals surface area contributed by atoms with Crippen LogP contribution in [-0.2, 0) is 9.59 Å². The Morgan fingerprint density at radius 2 is 2.44 bits per heavy atom. The van der Waals surface area contributed by atoms with Crippen LogP contribution in [0.1, 0.15) is 0 Å². The highest BCUT2D eigenvalue weighted by atomic mass is 16.2. The molecule has 0 radical (unpaired) electrons. The Morgan fingerprint density at radius 1 is 1.78 bits per heavy atom. The van der Waals surface area contributed by atoms with E-state index in [-0.39, 0.29) is 12.3 Å². The molecule has 0 bridgehead atoms. The van der Waals surface area contributed by atoms with Crippen LogP contribution < -0.4 is 11.1 Å². The Bertz CT molecular complexity index is 155. The molecule has 0 saturated carbocycles. The summed E-state index contributed by atoms with van der Waals surface area (Å²) < 4.78 is 0. The third-order valence-electron chi connectivity index (χ3n) is 1.38. The monoisotopic (exact) mass is 128 g/mol. The van der Waals surface area contributed by atoms with Crippen molar-refractivity contribution < 1.29 is 9.59 Å². The van der Waals surface area contributed by atoms with E-state index in [9.17, 15) is 9.59 Å². The third kappa shape index (κ3) is 1.08. The van der Waals surface area contributed by atoms with Crippen LogP contribution in [-0.4, -0.2) is 24.8 Å². The van der Waals surface area contributed by atoms with Gasteiger partial charge in [0.15, 0.2) is 5.78 Å². The maximum atomic E-state index is 10.7. The van der Waals surface area contributed by atoms with E-state index in [0.29, 0.717) is 6.54 Å². The van der Waals surface area contributed by atoms with E-state index in [0.717, 1.165) is 0 Å². The Hall–Kier alpha value is -0.900. The van der Waals surface area contributed by atoms with Crippen LogP contribution in [0.3, 0.4) is 0 Å². The summed E-state index contributed by atoms with van der Waals surface area (Å²) in [5.74, 6) is -1.20. The summed E-state index contributed by atoms with van der Waals surface area (Å²) in [6.45, 7) is 0.696. The van der Waals surface area contributed by atoms with Gasteiger partial charge >= 0.3 is 0 Å². The van der Waals surface area contributed by atoms with Crippen LogP contribution in [0.4, 0.5) is 0 Å². The number of hydrogen-bond donors (Lipinski definition) is 2. The van der Waals surface area contributed by atoms with Gasteiger partial charge in [-0.05, 0) is 0 Å². The zero-order chi connectivity index (χ0) is 6.85. The molecule has 4 nitrogen and oxygen atoms in total. The molecule has 1 atom stereocenters. The fourth-order valence-electron chi connectivity index (χ4n) is 0.836. The number of rotatable bonds is 1. The van der Waals surface area contributed by atoms with Gasteiger partial charge in [-0.1, -0.05) is 0 Å². The van der Waals surface area contributed by atoms with E-state index in [1.165, 1.54) is 0 Å². The standard InChI is InChI=1S/C5H8N2O2/c6-5(9)3-1-7-2-4(3)8/h3,7H,1-2H2,(H2,6,9)/t3-/m0/s1. The summed E-state index contributed by atoms with van der Waals surface area (Å²) in [5.41, 5.74) is 4.89. The number of carbonyl (C=O) groups is 2. The predicted octanol–water partition coefficient (Wildman–Crippen LogP) is -1.74. The highest BCUT2D eigenvalue weighted by Gasteiger charge is 2.28. The molecule has 1 rings (SSSR count). The molecule has 3 N–H and O–H groups in total. The molecule has 1 aliphatic rings. The van der Waals surface area contributed by atoms with Crippen LogP contribution in [0.2, 0.25) is 0 Å². The Kier molecular flexibility index (Phi) is 1.48. The molecule has 0 aromatic carbocycles. The number of nitrogens with one attached hydrogen (secondary N) is 1. The van der Waals surface area contributed by atoms with Crippen LogP contribution in [0.25, 0.3) is 0 Å². The maximum absolute atomic E-state index is 10.7. The molecule has 0 aromatic rings. The lowest BCUT2D eigenvalue weighted by Crippen LogP contribution is -2.29. The van der Waals surface area contributed by atoms with Crippen LogP contribution in [0, 0.1) is 5.92 Å². The minimum Gasteiger partial charge on any atom is -0.369 e. The Morgan fingerprint density at radius 3 is 2.67 bits per heavy atom. The molecule has 1 heterocycles. The van der Waals surface area contributed by atoms with Gasteiger partial charge in [-0.3, -0.25) is 9.59 Å². The average Bonchev–Trinajstić information content (AvgIpc) is 2.13. The van der Waals surface area contributed by atoms with Gasteiger partial charge in [-0.2, -0.15) is 0 Å². The molecular formula is C5H8N2O2. The van der Waals surface area contributed by atoms with Crippen molar-refractivity contribution in [2.24, 2.45) is 11.7 Å². The van der Waals surface area contributed by atoms with E-state index in [4.69, 9.17) is 5.73 Å². The molecule has 0 aliphatic carbocycles. The van der Waals surface area contributed by atoms with Gasteiger partial charge in [-0.15, -0.1) is 0 Å². The first-order chi connectivity index (χ1) is 4.22. The fourth-order valence-corrected chi connectivity index (χ4v) is 0.836. The normalized spacial score (nSPS) is 26.7. The van der Waals surface area contributed by atoms with E-state index in [2.05, 4.69) is 5.32 Å². The van der Waals surface area contributed by atoms with E-state index >= 15 is 0 Å². The highest BCUT2D eigenvalue weighted by Crippen LogP contribution is 2.00. The van der Waals surface area contributed by atoms with Crippen molar-refractivity contribution in [2.45, 2.75) is 0 Å². The average molecular weight is 128 g/mol. The van der Waals surface area contributed by atoms with Gasteiger partial charge in [0.25, 0.3) is 0 Å². The van der Waals surface area contributed by atoms with Crippen molar-refractivity contribution in [3.05, 3.63) is 0 Å². The van der Waals surface area contributed by atoms with E-state index in [1.807, 2.05) is 0 Å². The third-order valence-corrected chi connectivity index (χ3v) is 1.38. The summed E-state index contributed by atoms with van der Waals surface area (Å²) in [5, 5.41) is 2.75. The first-order valence-electron chi connectivity index (χ1n) is 2.74. The zero-order valence-corrected chi connectivity index (χ0v) is 4.89. The van der Waals surface area contributed by atoms with Crippen molar-refractivity contribution in [2.75, 3.05) is 13.1 Å². The van der Waals surface area contributed by atoms with E-state index in [1.54, 1.807) is 0 Å². The molecular weight excluding hydrogens is 120 g/mol. The summed E-state index contributed by atoms with van der Waals surface area (Å²) in [6.07, 6.45) is 0. The van der Waals surface area contributed by atoms with Crippen molar-refractivity contribution in [1.29, 1.82) is 0 Å². The Balaban J connectivity index is 2.60. The topological polar surface area (TPSA) is 72.2 Å². The number of hydrogen-bond acceptors (Lipinski definition) is 3. The lowest BCUT2D eigenvalue weighted by Gasteiger charge is -1.97. The summed E-state index contributed by atoms with van der Waals surface area (Å²) in [4.78, 5) is 21.0. The number of primary amides is 1. The molecule has 0 spiro atoms. The van der Waals surface area contributed by atoms with Gasteiger partial charge in [0.1, 0.15) is 5.92 Å². The molecule has 0 unspecified atom stereocenters. The zero-order valence-electron chi connectivity index (χ0n) is 4.89. The summed E-state index contributed by atoms with van der Waals surface area (Å²) in [6, 6.07) is 0. The van der Waals surface area contributed by atoms with E-state index < -0.39 is 11.8 Å². The van der Waals surface area contributed by atoms with Crippen LogP contribution >= 0.6 is 0 Å². The van der Waals surface area contributed by atoms with Gasteiger partial charge in [0, 0.05) is 6.54 Å². The smallest absolute Gasteiger partial charge is 0.229 e. The van der Waals surface area contributed by atoms with Crippen molar-refractivity contribution in [1.82, 2.24) is 5.32 Å². The van der Waals surface area contributed by atoms with Crippen LogP contribution in [0.15, 0.2) is 0 Å². The number of carbonyl (C=O) groups excluding carboxylic acids is 2. The van der Waals surface area contributed by atoms with Crippen LogP contribution in [0.5, 0.6) is 0 Å². The number of nitrogens with two attached hydrogens (primary N) is 1. The second-order valence-electron chi connectivity index (χ2n) is 2.05. The largest absolute Gasteiger partial charge is 0.369 e. The van der Waals surface area contributed by atoms with Gasteiger partial charge in [0.05, 0.1) is 6.54 Å². The molecule has 1 fully saturated rings. The molecule has 0 aromatic heterocycles. The lowest BCUT2D eigenvalue weighted by atomic mass is 10.1. The molecule has 4 heteroatoms.